The summed E-state index contributed by atoms with van der Waals surface area (Å²) in [6.45, 7) is 18.0. The van der Waals surface area contributed by atoms with Crippen LogP contribution < -0.4 is 0 Å². The molecule has 1 aliphatic carbocycles. The molecule has 0 nitrogen and oxygen atoms in total. The molecule has 0 fully saturated rings. The minimum Gasteiger partial charge on any atom is -0.0636 e. The fourth-order valence-corrected chi connectivity index (χ4v) is 2.63. The zero-order valence-electron chi connectivity index (χ0n) is 16.5. The third kappa shape index (κ3) is 6.37. The van der Waals surface area contributed by atoms with Crippen LogP contribution in [-0.4, -0.2) is 0 Å². The van der Waals surface area contributed by atoms with E-state index in [1.54, 1.807) is 11.1 Å². The average molecular weight is 313 g/mol. The maximum Gasteiger partial charge on any atom is -0.00971 e. The van der Waals surface area contributed by atoms with Gasteiger partial charge in [0.1, 0.15) is 0 Å². The van der Waals surface area contributed by atoms with E-state index in [0.29, 0.717) is 11.8 Å². The van der Waals surface area contributed by atoms with Crippen LogP contribution in [0, 0.1) is 11.8 Å². The van der Waals surface area contributed by atoms with Crippen molar-refractivity contribution in [2.24, 2.45) is 11.8 Å². The predicted octanol–water partition coefficient (Wildman–Crippen LogP) is 7.49. The highest BCUT2D eigenvalue weighted by Crippen LogP contribution is 2.29. The molecule has 0 saturated carbocycles. The Morgan fingerprint density at radius 1 is 0.522 bits per heavy atom. The molecule has 1 aromatic rings. The number of hydrogen-bond acceptors (Lipinski definition) is 0. The molecular weight excluding hydrogens is 276 g/mol. The van der Waals surface area contributed by atoms with E-state index < -0.39 is 0 Å². The summed E-state index contributed by atoms with van der Waals surface area (Å²) in [4.78, 5) is 0. The Morgan fingerprint density at radius 2 is 0.826 bits per heavy atom. The molecule has 0 spiro atoms. The van der Waals surface area contributed by atoms with Gasteiger partial charge in [-0.2, -0.15) is 0 Å². The summed E-state index contributed by atoms with van der Waals surface area (Å²) in [6, 6.07) is 8.94. The molecule has 0 radical (unpaired) electrons. The lowest BCUT2D eigenvalue weighted by Gasteiger charge is -2.10. The maximum atomic E-state index is 2.29. The quantitative estimate of drug-likeness (QED) is 0.540. The van der Waals surface area contributed by atoms with Crippen molar-refractivity contribution in [3.8, 4) is 0 Å². The summed E-state index contributed by atoms with van der Waals surface area (Å²) in [7, 11) is 0. The van der Waals surface area contributed by atoms with E-state index in [9.17, 15) is 0 Å². The van der Waals surface area contributed by atoms with Gasteiger partial charge in [0.2, 0.25) is 0 Å². The van der Waals surface area contributed by atoms with Crippen molar-refractivity contribution in [1.29, 1.82) is 0 Å². The zero-order chi connectivity index (χ0) is 17.6. The van der Waals surface area contributed by atoms with Gasteiger partial charge in [0, 0.05) is 0 Å². The van der Waals surface area contributed by atoms with Crippen LogP contribution >= 0.6 is 0 Å². The first kappa shape index (κ1) is 19.7. The van der Waals surface area contributed by atoms with Crippen LogP contribution in [-0.2, 0) is 0 Å². The molecule has 0 N–H and O–H groups in total. The Morgan fingerprint density at radius 3 is 1.00 bits per heavy atom. The van der Waals surface area contributed by atoms with Gasteiger partial charge < -0.3 is 0 Å². The van der Waals surface area contributed by atoms with Gasteiger partial charge in [-0.1, -0.05) is 103 Å². The van der Waals surface area contributed by atoms with E-state index >= 15 is 0 Å². The number of benzene rings is 1. The molecule has 0 saturated heterocycles. The van der Waals surface area contributed by atoms with Crippen molar-refractivity contribution >= 4 is 0 Å². The zero-order valence-corrected chi connectivity index (χ0v) is 16.5. The van der Waals surface area contributed by atoms with E-state index in [0.717, 1.165) is 11.8 Å². The Kier molecular flexibility index (Phi) is 7.82. The van der Waals surface area contributed by atoms with Gasteiger partial charge >= 0.3 is 0 Å². The van der Waals surface area contributed by atoms with E-state index in [1.165, 1.54) is 17.5 Å². The number of hydrogen-bond donors (Lipinski definition) is 0. The lowest BCUT2D eigenvalue weighted by Crippen LogP contribution is -1.95. The maximum absolute atomic E-state index is 2.29. The summed E-state index contributed by atoms with van der Waals surface area (Å²) in [5, 5.41) is 0. The lowest BCUT2D eigenvalue weighted by molar-refractivity contribution is 0.696. The first-order chi connectivity index (χ1) is 10.7. The second-order valence-electron chi connectivity index (χ2n) is 7.95. The van der Waals surface area contributed by atoms with Crippen LogP contribution in [0.3, 0.4) is 0 Å². The van der Waals surface area contributed by atoms with Crippen molar-refractivity contribution in [1.82, 2.24) is 0 Å². The van der Waals surface area contributed by atoms with Crippen molar-refractivity contribution < 1.29 is 0 Å². The van der Waals surface area contributed by atoms with E-state index in [1.807, 2.05) is 0 Å². The average Bonchev–Trinajstić information content (AvgIpc) is 2.98. The topological polar surface area (TPSA) is 0 Å². The fourth-order valence-electron chi connectivity index (χ4n) is 2.63. The van der Waals surface area contributed by atoms with E-state index in [-0.39, 0.29) is 0 Å². The SMILES string of the molecule is CC(C)C1=CC=C(C(C)C)C1.CC(C)c1ccc(C(C)C)cc1. The molecule has 0 amide bonds. The van der Waals surface area contributed by atoms with Crippen LogP contribution in [0.2, 0.25) is 0 Å². The molecule has 0 heteroatoms. The second-order valence-corrected chi connectivity index (χ2v) is 7.95. The summed E-state index contributed by atoms with van der Waals surface area (Å²) in [5.74, 6) is 2.74. The molecule has 0 aromatic heterocycles. The Balaban J connectivity index is 0.000000231. The largest absolute Gasteiger partial charge is 0.0636 e. The van der Waals surface area contributed by atoms with Crippen molar-refractivity contribution in [3.63, 3.8) is 0 Å². The lowest BCUT2D eigenvalue weighted by atomic mass is 9.95. The Hall–Kier alpha value is -1.30. The predicted molar refractivity (Wildman–Crippen MR) is 105 cm³/mol. The van der Waals surface area contributed by atoms with Gasteiger partial charge in [-0.05, 0) is 41.2 Å². The first-order valence-corrected chi connectivity index (χ1v) is 9.21. The third-order valence-corrected chi connectivity index (χ3v) is 4.67. The molecule has 0 aliphatic heterocycles. The first-order valence-electron chi connectivity index (χ1n) is 9.21. The molecule has 1 aliphatic rings. The van der Waals surface area contributed by atoms with Crippen molar-refractivity contribution in [2.75, 3.05) is 0 Å². The Labute approximate surface area is 144 Å². The van der Waals surface area contributed by atoms with Gasteiger partial charge in [-0.25, -0.2) is 0 Å². The molecule has 0 unspecified atom stereocenters. The van der Waals surface area contributed by atoms with Crippen molar-refractivity contribution in [3.05, 3.63) is 58.7 Å². The smallest absolute Gasteiger partial charge is 0.00971 e. The van der Waals surface area contributed by atoms with Gasteiger partial charge in [-0.3, -0.25) is 0 Å². The van der Waals surface area contributed by atoms with E-state index in [4.69, 9.17) is 0 Å². The van der Waals surface area contributed by atoms with E-state index in [2.05, 4.69) is 91.8 Å². The highest BCUT2D eigenvalue weighted by molar-refractivity contribution is 5.32. The number of allylic oxidation sites excluding steroid dienone is 4. The summed E-state index contributed by atoms with van der Waals surface area (Å²) >= 11 is 0. The molecule has 0 atom stereocenters. The van der Waals surface area contributed by atoms with Gasteiger partial charge in [0.15, 0.2) is 0 Å². The second kappa shape index (κ2) is 9.11. The normalized spacial score (nSPS) is 14.3. The van der Waals surface area contributed by atoms with Crippen LogP contribution in [0.1, 0.15) is 84.8 Å². The molecule has 23 heavy (non-hydrogen) atoms. The minimum absolute atomic E-state index is 0.645. The van der Waals surface area contributed by atoms with Crippen molar-refractivity contribution in [2.45, 2.75) is 73.6 Å². The van der Waals surface area contributed by atoms with Crippen LogP contribution in [0.4, 0.5) is 0 Å². The molecule has 0 heterocycles. The van der Waals surface area contributed by atoms with Crippen LogP contribution in [0.25, 0.3) is 0 Å². The molecule has 2 rings (SSSR count). The standard InChI is InChI=1S/C12H18.C11H18/c1-9(2)11-5-7-12(8-6-11)10(3)4;1-8(2)10-5-6-11(7-10)9(3)4/h5-10H,1-4H3;5-6,8-9H,7H2,1-4H3. The highest BCUT2D eigenvalue weighted by Gasteiger charge is 2.12. The molecular formula is C23H36. The van der Waals surface area contributed by atoms with Crippen LogP contribution in [0.15, 0.2) is 47.6 Å². The summed E-state index contributed by atoms with van der Waals surface area (Å²) < 4.78 is 0. The van der Waals surface area contributed by atoms with Gasteiger partial charge in [-0.15, -0.1) is 0 Å². The summed E-state index contributed by atoms with van der Waals surface area (Å²) in [6.07, 6.45) is 5.80. The number of rotatable bonds is 4. The molecule has 128 valence electrons. The van der Waals surface area contributed by atoms with Gasteiger partial charge in [0.05, 0.1) is 0 Å². The Bertz CT molecular complexity index is 473. The third-order valence-electron chi connectivity index (χ3n) is 4.67. The molecule has 1 aromatic carbocycles. The minimum atomic E-state index is 0.645. The fraction of sp³-hybridized carbons (Fsp3) is 0.565. The summed E-state index contributed by atoms with van der Waals surface area (Å²) in [5.41, 5.74) is 6.04. The highest BCUT2D eigenvalue weighted by atomic mass is 14.2. The monoisotopic (exact) mass is 312 g/mol. The molecule has 0 bridgehead atoms. The van der Waals surface area contributed by atoms with Crippen LogP contribution in [0.5, 0.6) is 0 Å². The van der Waals surface area contributed by atoms with Gasteiger partial charge in [0.25, 0.3) is 0 Å².